The molecule has 0 spiro atoms. The molecule has 0 saturated carbocycles. The van der Waals surface area contributed by atoms with Gasteiger partial charge in [0.05, 0.1) is 9.79 Å². The van der Waals surface area contributed by atoms with Crippen molar-refractivity contribution in [2.24, 2.45) is 0 Å². The van der Waals surface area contributed by atoms with Crippen LogP contribution in [-0.4, -0.2) is 21.5 Å². The lowest BCUT2D eigenvalue weighted by Gasteiger charge is -2.27. The number of hydrogen-bond donors (Lipinski definition) is 1. The van der Waals surface area contributed by atoms with Crippen LogP contribution in [0.4, 0.5) is 0 Å². The van der Waals surface area contributed by atoms with Gasteiger partial charge in [-0.2, -0.15) is 0 Å². The predicted octanol–water partition coefficient (Wildman–Crippen LogP) is 2.21. The molecule has 0 atom stereocenters. The molecule has 2 aromatic rings. The molecule has 0 amide bonds. The predicted molar refractivity (Wildman–Crippen MR) is 73.9 cm³/mol. The van der Waals surface area contributed by atoms with Gasteiger partial charge in [-0.3, -0.25) is 0 Å². The van der Waals surface area contributed by atoms with Crippen LogP contribution in [0.2, 0.25) is 0 Å². The van der Waals surface area contributed by atoms with Crippen molar-refractivity contribution >= 4 is 9.84 Å². The quantitative estimate of drug-likeness (QED) is 0.932. The van der Waals surface area contributed by atoms with E-state index in [1.807, 2.05) is 18.2 Å². The highest BCUT2D eigenvalue weighted by Crippen LogP contribution is 2.24. The first-order valence-electron chi connectivity index (χ1n) is 6.29. The molecular weight excluding hydrogens is 258 g/mol. The molecule has 0 aliphatic carbocycles. The highest BCUT2D eigenvalue weighted by atomic mass is 32.2. The van der Waals surface area contributed by atoms with E-state index in [1.54, 1.807) is 36.4 Å². The Labute approximate surface area is 113 Å². The molecule has 1 aliphatic heterocycles. The number of sulfone groups is 1. The highest BCUT2D eigenvalue weighted by molar-refractivity contribution is 7.91. The number of rotatable bonds is 3. The van der Waals surface area contributed by atoms with Crippen LogP contribution >= 0.6 is 0 Å². The van der Waals surface area contributed by atoms with Crippen LogP contribution in [0.5, 0.6) is 0 Å². The zero-order valence-electron chi connectivity index (χ0n) is 10.4. The Hall–Kier alpha value is -1.65. The van der Waals surface area contributed by atoms with E-state index in [1.165, 1.54) is 5.56 Å². The zero-order valence-corrected chi connectivity index (χ0v) is 11.2. The van der Waals surface area contributed by atoms with Gasteiger partial charge in [0.1, 0.15) is 0 Å². The molecule has 4 heteroatoms. The van der Waals surface area contributed by atoms with Crippen molar-refractivity contribution < 1.29 is 8.42 Å². The van der Waals surface area contributed by atoms with Crippen LogP contribution in [-0.2, 0) is 9.84 Å². The molecule has 3 rings (SSSR count). The van der Waals surface area contributed by atoms with Crippen LogP contribution in [0.3, 0.4) is 0 Å². The zero-order chi connectivity index (χ0) is 13.3. The molecule has 1 saturated heterocycles. The maximum atomic E-state index is 12.4. The van der Waals surface area contributed by atoms with Crippen molar-refractivity contribution in [3.05, 3.63) is 60.2 Å². The Bertz CT molecular complexity index is 659. The van der Waals surface area contributed by atoms with E-state index < -0.39 is 9.84 Å². The first kappa shape index (κ1) is 12.4. The number of nitrogens with one attached hydrogen (secondary N) is 1. The minimum Gasteiger partial charge on any atom is -0.315 e. The Morgan fingerprint density at radius 2 is 1.42 bits per heavy atom. The topological polar surface area (TPSA) is 46.2 Å². The lowest BCUT2D eigenvalue weighted by Crippen LogP contribution is -2.39. The van der Waals surface area contributed by atoms with Crippen molar-refractivity contribution in [1.29, 1.82) is 0 Å². The molecule has 98 valence electrons. The normalized spacial score (nSPS) is 16.0. The molecule has 0 bridgehead atoms. The third kappa shape index (κ3) is 2.29. The molecule has 1 N–H and O–H groups in total. The number of hydrogen-bond acceptors (Lipinski definition) is 3. The molecule has 3 nitrogen and oxygen atoms in total. The maximum Gasteiger partial charge on any atom is 0.206 e. The van der Waals surface area contributed by atoms with Crippen LogP contribution in [0.25, 0.3) is 0 Å². The summed E-state index contributed by atoms with van der Waals surface area (Å²) < 4.78 is 24.8. The van der Waals surface area contributed by atoms with Gasteiger partial charge in [-0.1, -0.05) is 30.3 Å². The van der Waals surface area contributed by atoms with E-state index in [9.17, 15) is 8.42 Å². The summed E-state index contributed by atoms with van der Waals surface area (Å²) in [5, 5.41) is 3.21. The van der Waals surface area contributed by atoms with E-state index in [-0.39, 0.29) is 0 Å². The molecular formula is C15H15NO2S. The van der Waals surface area contributed by atoms with E-state index >= 15 is 0 Å². The Morgan fingerprint density at radius 1 is 0.842 bits per heavy atom. The van der Waals surface area contributed by atoms with Gasteiger partial charge in [-0.05, 0) is 29.8 Å². The monoisotopic (exact) mass is 273 g/mol. The summed E-state index contributed by atoms with van der Waals surface area (Å²) in [7, 11) is -3.39. The molecule has 1 fully saturated rings. The average Bonchev–Trinajstić information content (AvgIpc) is 2.38. The molecule has 2 aromatic carbocycles. The Morgan fingerprint density at radius 3 is 1.95 bits per heavy atom. The van der Waals surface area contributed by atoms with Crippen molar-refractivity contribution in [2.45, 2.75) is 15.7 Å². The standard InChI is InChI=1S/C15H15NO2S/c17-19(18,14-4-2-1-3-5-14)15-8-6-12(7-9-15)13-10-16-11-13/h1-9,13,16H,10-11H2. The fraction of sp³-hybridized carbons (Fsp3) is 0.200. The third-order valence-corrected chi connectivity index (χ3v) is 5.28. The third-order valence-electron chi connectivity index (χ3n) is 3.50. The van der Waals surface area contributed by atoms with Gasteiger partial charge in [0, 0.05) is 19.0 Å². The first-order valence-corrected chi connectivity index (χ1v) is 7.77. The first-order chi connectivity index (χ1) is 9.18. The summed E-state index contributed by atoms with van der Waals surface area (Å²) in [6.07, 6.45) is 0. The molecule has 19 heavy (non-hydrogen) atoms. The van der Waals surface area contributed by atoms with E-state index in [0.29, 0.717) is 15.7 Å². The smallest absolute Gasteiger partial charge is 0.206 e. The van der Waals surface area contributed by atoms with Gasteiger partial charge in [-0.15, -0.1) is 0 Å². The summed E-state index contributed by atoms with van der Waals surface area (Å²) in [6.45, 7) is 1.95. The lowest BCUT2D eigenvalue weighted by atomic mass is 9.94. The van der Waals surface area contributed by atoms with Crippen molar-refractivity contribution in [3.63, 3.8) is 0 Å². The van der Waals surface area contributed by atoms with Gasteiger partial charge < -0.3 is 5.32 Å². The van der Waals surface area contributed by atoms with Crippen molar-refractivity contribution in [2.75, 3.05) is 13.1 Å². The minimum atomic E-state index is -3.39. The fourth-order valence-corrected chi connectivity index (χ4v) is 3.46. The second-order valence-corrected chi connectivity index (χ2v) is 6.69. The highest BCUT2D eigenvalue weighted by Gasteiger charge is 2.21. The van der Waals surface area contributed by atoms with Crippen LogP contribution in [0, 0.1) is 0 Å². The van der Waals surface area contributed by atoms with E-state index in [0.717, 1.165) is 13.1 Å². The summed E-state index contributed by atoms with van der Waals surface area (Å²) in [6, 6.07) is 15.8. The second-order valence-electron chi connectivity index (χ2n) is 4.74. The van der Waals surface area contributed by atoms with Gasteiger partial charge in [0.15, 0.2) is 0 Å². The molecule has 0 radical (unpaired) electrons. The summed E-state index contributed by atoms with van der Waals surface area (Å²) in [4.78, 5) is 0.697. The average molecular weight is 273 g/mol. The van der Waals surface area contributed by atoms with Crippen molar-refractivity contribution in [3.8, 4) is 0 Å². The summed E-state index contributed by atoms with van der Waals surface area (Å²) in [5.41, 5.74) is 1.20. The molecule has 1 heterocycles. The van der Waals surface area contributed by atoms with Gasteiger partial charge >= 0.3 is 0 Å². The SMILES string of the molecule is O=S(=O)(c1ccccc1)c1ccc(C2CNC2)cc1. The number of benzene rings is 2. The molecule has 1 aliphatic rings. The maximum absolute atomic E-state index is 12.4. The van der Waals surface area contributed by atoms with Crippen LogP contribution in [0.15, 0.2) is 64.4 Å². The lowest BCUT2D eigenvalue weighted by molar-refractivity contribution is 0.448. The molecule has 0 aromatic heterocycles. The summed E-state index contributed by atoms with van der Waals surface area (Å²) in [5.74, 6) is 0.522. The summed E-state index contributed by atoms with van der Waals surface area (Å²) >= 11 is 0. The van der Waals surface area contributed by atoms with Crippen molar-refractivity contribution in [1.82, 2.24) is 5.32 Å². The van der Waals surface area contributed by atoms with Crippen LogP contribution in [0.1, 0.15) is 11.5 Å². The largest absolute Gasteiger partial charge is 0.315 e. The molecule has 0 unspecified atom stereocenters. The Kier molecular flexibility index (Phi) is 3.12. The second kappa shape index (κ2) is 4.79. The van der Waals surface area contributed by atoms with Gasteiger partial charge in [0.2, 0.25) is 9.84 Å². The fourth-order valence-electron chi connectivity index (χ4n) is 2.18. The van der Waals surface area contributed by atoms with Gasteiger partial charge in [0.25, 0.3) is 0 Å². The van der Waals surface area contributed by atoms with Crippen LogP contribution < -0.4 is 5.32 Å². The minimum absolute atomic E-state index is 0.341. The van der Waals surface area contributed by atoms with E-state index in [2.05, 4.69) is 5.32 Å². The Balaban J connectivity index is 1.93. The van der Waals surface area contributed by atoms with Gasteiger partial charge in [-0.25, -0.2) is 8.42 Å². The van der Waals surface area contributed by atoms with E-state index in [4.69, 9.17) is 0 Å².